The second-order valence-corrected chi connectivity index (χ2v) is 7.22. The molecule has 122 valence electrons. The van der Waals surface area contributed by atoms with E-state index in [1.807, 2.05) is 31.2 Å². The largest absolute Gasteiger partial charge is 0.313 e. The van der Waals surface area contributed by atoms with E-state index in [0.717, 1.165) is 30.4 Å². The number of nitrogens with zero attached hydrogens (tertiary/aromatic N) is 1. The molecule has 24 heavy (non-hydrogen) atoms. The summed E-state index contributed by atoms with van der Waals surface area (Å²) < 4.78 is 0. The monoisotopic (exact) mass is 336 g/mol. The summed E-state index contributed by atoms with van der Waals surface area (Å²) in [5.74, 6) is -0.191. The van der Waals surface area contributed by atoms with E-state index in [2.05, 4.69) is 11.4 Å². The molecule has 1 N–H and O–H groups in total. The molecule has 1 heterocycles. The maximum absolute atomic E-state index is 12.2. The number of hydrogen-bond acceptors (Lipinski definition) is 3. The molecule has 0 bridgehead atoms. The van der Waals surface area contributed by atoms with Crippen molar-refractivity contribution in [1.29, 1.82) is 5.26 Å². The number of anilines is 1. The van der Waals surface area contributed by atoms with Crippen molar-refractivity contribution in [2.24, 2.45) is 0 Å². The number of hydrogen-bond donors (Lipinski definition) is 1. The molecule has 0 saturated carbocycles. The van der Waals surface area contributed by atoms with Crippen molar-refractivity contribution in [3.63, 3.8) is 0 Å². The first-order valence-corrected chi connectivity index (χ1v) is 9.09. The Bertz CT molecular complexity index is 809. The van der Waals surface area contributed by atoms with E-state index >= 15 is 0 Å². The molecule has 1 amide bonds. The molecule has 0 spiro atoms. The van der Waals surface area contributed by atoms with Crippen molar-refractivity contribution < 1.29 is 4.79 Å². The SMILES string of the molecule is Cc1ccc(/C=C/C(=O)Nc2sc3c(c2C#N)CCCCC3)cc1. The quantitative estimate of drug-likeness (QED) is 0.643. The van der Waals surface area contributed by atoms with Crippen molar-refractivity contribution in [3.8, 4) is 6.07 Å². The number of thiophene rings is 1. The molecule has 4 heteroatoms. The van der Waals surface area contributed by atoms with Crippen LogP contribution in [0, 0.1) is 18.3 Å². The number of nitrogens with one attached hydrogen (secondary N) is 1. The van der Waals surface area contributed by atoms with Gasteiger partial charge in [-0.25, -0.2) is 0 Å². The van der Waals surface area contributed by atoms with E-state index in [0.29, 0.717) is 10.6 Å². The number of benzene rings is 1. The van der Waals surface area contributed by atoms with Crippen LogP contribution < -0.4 is 5.32 Å². The van der Waals surface area contributed by atoms with E-state index in [9.17, 15) is 10.1 Å². The van der Waals surface area contributed by atoms with Gasteiger partial charge in [0, 0.05) is 11.0 Å². The summed E-state index contributed by atoms with van der Waals surface area (Å²) >= 11 is 1.56. The minimum Gasteiger partial charge on any atom is -0.313 e. The molecule has 0 fully saturated rings. The van der Waals surface area contributed by atoms with E-state index in [1.165, 1.54) is 29.4 Å². The molecule has 1 aromatic heterocycles. The van der Waals surface area contributed by atoms with Crippen molar-refractivity contribution in [3.05, 3.63) is 57.5 Å². The predicted octanol–water partition coefficient (Wildman–Crippen LogP) is 4.85. The van der Waals surface area contributed by atoms with Gasteiger partial charge in [-0.2, -0.15) is 5.26 Å². The summed E-state index contributed by atoms with van der Waals surface area (Å²) in [5, 5.41) is 13.1. The second-order valence-electron chi connectivity index (χ2n) is 6.11. The average molecular weight is 336 g/mol. The Kier molecular flexibility index (Phi) is 5.12. The zero-order valence-electron chi connectivity index (χ0n) is 13.8. The third-order valence-electron chi connectivity index (χ3n) is 4.27. The fourth-order valence-corrected chi connectivity index (χ4v) is 4.19. The molecule has 1 aromatic carbocycles. The smallest absolute Gasteiger partial charge is 0.249 e. The summed E-state index contributed by atoms with van der Waals surface area (Å²) in [6.45, 7) is 2.03. The molecule has 0 atom stereocenters. The van der Waals surface area contributed by atoms with Crippen molar-refractivity contribution >= 4 is 28.3 Å². The van der Waals surface area contributed by atoms with Crippen molar-refractivity contribution in [2.75, 3.05) is 5.32 Å². The summed E-state index contributed by atoms with van der Waals surface area (Å²) in [6, 6.07) is 10.3. The highest BCUT2D eigenvalue weighted by molar-refractivity contribution is 7.16. The van der Waals surface area contributed by atoms with Gasteiger partial charge in [-0.3, -0.25) is 4.79 Å². The number of carbonyl (C=O) groups excluding carboxylic acids is 1. The number of rotatable bonds is 3. The lowest BCUT2D eigenvalue weighted by Gasteiger charge is -2.01. The Hall–Kier alpha value is -2.38. The highest BCUT2D eigenvalue weighted by atomic mass is 32.1. The van der Waals surface area contributed by atoms with Crippen LogP contribution in [0.4, 0.5) is 5.00 Å². The third-order valence-corrected chi connectivity index (χ3v) is 5.48. The lowest BCUT2D eigenvalue weighted by atomic mass is 10.1. The van der Waals surface area contributed by atoms with Gasteiger partial charge in [0.05, 0.1) is 5.56 Å². The van der Waals surface area contributed by atoms with Crippen molar-refractivity contribution in [1.82, 2.24) is 0 Å². The predicted molar refractivity (Wildman–Crippen MR) is 99.1 cm³/mol. The first-order chi connectivity index (χ1) is 11.7. The van der Waals surface area contributed by atoms with Gasteiger partial charge in [-0.1, -0.05) is 36.2 Å². The normalized spacial score (nSPS) is 14.0. The summed E-state index contributed by atoms with van der Waals surface area (Å²) in [7, 11) is 0. The van der Waals surface area contributed by atoms with Crippen LogP contribution in [0.25, 0.3) is 6.08 Å². The van der Waals surface area contributed by atoms with Crippen LogP contribution >= 0.6 is 11.3 Å². The Morgan fingerprint density at radius 1 is 1.21 bits per heavy atom. The van der Waals surface area contributed by atoms with E-state index < -0.39 is 0 Å². The molecule has 1 aliphatic carbocycles. The Morgan fingerprint density at radius 2 is 1.96 bits per heavy atom. The maximum atomic E-state index is 12.2. The summed E-state index contributed by atoms with van der Waals surface area (Å²) in [4.78, 5) is 13.5. The minimum atomic E-state index is -0.191. The van der Waals surface area contributed by atoms with Gasteiger partial charge in [0.2, 0.25) is 5.91 Å². The summed E-state index contributed by atoms with van der Waals surface area (Å²) in [5.41, 5.74) is 3.99. The minimum absolute atomic E-state index is 0.191. The number of amides is 1. The Morgan fingerprint density at radius 3 is 2.71 bits per heavy atom. The van der Waals surface area contributed by atoms with Gasteiger partial charge in [0.15, 0.2) is 0 Å². The molecule has 0 aliphatic heterocycles. The fourth-order valence-electron chi connectivity index (χ4n) is 2.95. The average Bonchev–Trinajstić information content (AvgIpc) is 2.74. The van der Waals surface area contributed by atoms with Gasteiger partial charge in [0.25, 0.3) is 0 Å². The first-order valence-electron chi connectivity index (χ1n) is 8.28. The molecular formula is C20H20N2OS. The number of aryl methyl sites for hydroxylation is 2. The number of fused-ring (bicyclic) bond motifs is 1. The molecule has 0 radical (unpaired) electrons. The highest BCUT2D eigenvalue weighted by Crippen LogP contribution is 2.36. The van der Waals surface area contributed by atoms with Gasteiger partial charge in [0.1, 0.15) is 11.1 Å². The van der Waals surface area contributed by atoms with E-state index in [4.69, 9.17) is 0 Å². The van der Waals surface area contributed by atoms with Gasteiger partial charge in [-0.15, -0.1) is 11.3 Å². The molecule has 3 nitrogen and oxygen atoms in total. The van der Waals surface area contributed by atoms with Gasteiger partial charge < -0.3 is 5.32 Å². The Balaban J connectivity index is 1.75. The molecule has 2 aromatic rings. The first kappa shape index (κ1) is 16.5. The molecule has 0 saturated heterocycles. The molecular weight excluding hydrogens is 316 g/mol. The van der Waals surface area contributed by atoms with Crippen LogP contribution in [0.2, 0.25) is 0 Å². The van der Waals surface area contributed by atoms with Crippen LogP contribution in [0.15, 0.2) is 30.3 Å². The van der Waals surface area contributed by atoms with Crippen LogP contribution in [0.5, 0.6) is 0 Å². The summed E-state index contributed by atoms with van der Waals surface area (Å²) in [6.07, 6.45) is 8.79. The lowest BCUT2D eigenvalue weighted by Crippen LogP contribution is -2.07. The van der Waals surface area contributed by atoms with Crippen LogP contribution in [-0.4, -0.2) is 5.91 Å². The fraction of sp³-hybridized carbons (Fsp3) is 0.300. The van der Waals surface area contributed by atoms with E-state index in [-0.39, 0.29) is 5.91 Å². The zero-order chi connectivity index (χ0) is 16.9. The molecule has 0 unspecified atom stereocenters. The second kappa shape index (κ2) is 7.46. The zero-order valence-corrected chi connectivity index (χ0v) is 14.6. The van der Waals surface area contributed by atoms with E-state index in [1.54, 1.807) is 17.4 Å². The maximum Gasteiger partial charge on any atom is 0.249 e. The van der Waals surface area contributed by atoms with Crippen LogP contribution in [-0.2, 0) is 17.6 Å². The van der Waals surface area contributed by atoms with Crippen LogP contribution in [0.1, 0.15) is 46.4 Å². The highest BCUT2D eigenvalue weighted by Gasteiger charge is 2.20. The molecule has 1 aliphatic rings. The number of nitriles is 1. The van der Waals surface area contributed by atoms with Crippen LogP contribution in [0.3, 0.4) is 0 Å². The lowest BCUT2D eigenvalue weighted by molar-refractivity contribution is -0.111. The molecule has 3 rings (SSSR count). The van der Waals surface area contributed by atoms with Gasteiger partial charge in [-0.05, 0) is 49.8 Å². The third kappa shape index (κ3) is 3.74. The number of carbonyl (C=O) groups is 1. The van der Waals surface area contributed by atoms with Crippen molar-refractivity contribution in [2.45, 2.75) is 39.0 Å². The standard InChI is InChI=1S/C20H20N2OS/c1-14-7-9-15(10-8-14)11-12-19(23)22-20-17(13-21)16-5-3-2-4-6-18(16)24-20/h7-12H,2-6H2,1H3,(H,22,23)/b12-11+. The topological polar surface area (TPSA) is 52.9 Å². The Labute approximate surface area is 146 Å². The van der Waals surface area contributed by atoms with Gasteiger partial charge >= 0.3 is 0 Å².